The standard InChI is InChI=1S/C68H70N2/c1-15-16-17-63-64(66(58-34-47(8)29-48(9)35-58)40-53(14)69(61-36-49(10)30-50(11)37-61)59-22-18-54(19-23-59)43(2)3)26-27-65-67(63)41-57(56-32-45(6)28-46(7)33-56)42-68(65)70(62-38-51(12)31-52(13)39-62)60-24-20-55(21-25-60)44(4)5/h15-44H,1,14H2,2-13H3/b17-16-,66-40-. The van der Waals surface area contributed by atoms with Crippen LogP contribution in [0.3, 0.4) is 0 Å². The fourth-order valence-corrected chi connectivity index (χ4v) is 10.3. The molecule has 2 nitrogen and oxygen atoms in total. The molecule has 0 aromatic heterocycles. The first kappa shape index (κ1) is 49.0. The Morgan fingerprint density at radius 1 is 0.457 bits per heavy atom. The quantitative estimate of drug-likeness (QED) is 0.100. The number of hydrogen-bond donors (Lipinski definition) is 0. The van der Waals surface area contributed by atoms with Crippen LogP contribution in [0.1, 0.15) is 112 Å². The summed E-state index contributed by atoms with van der Waals surface area (Å²) >= 11 is 0. The van der Waals surface area contributed by atoms with Gasteiger partial charge in [-0.1, -0.05) is 166 Å². The van der Waals surface area contributed by atoms with Crippen LogP contribution >= 0.6 is 0 Å². The molecule has 0 unspecified atom stereocenters. The van der Waals surface area contributed by atoms with Crippen LogP contribution < -0.4 is 9.80 Å². The topological polar surface area (TPSA) is 6.48 Å². The van der Waals surface area contributed by atoms with Crippen LogP contribution in [-0.4, -0.2) is 0 Å². The second-order valence-electron chi connectivity index (χ2n) is 20.4. The Bertz CT molecular complexity index is 3240. The summed E-state index contributed by atoms with van der Waals surface area (Å²) < 4.78 is 0. The first-order chi connectivity index (χ1) is 33.5. The normalized spacial score (nSPS) is 11.8. The van der Waals surface area contributed by atoms with Gasteiger partial charge in [-0.3, -0.25) is 0 Å². The van der Waals surface area contributed by atoms with Gasteiger partial charge in [-0.15, -0.1) is 0 Å². The average Bonchev–Trinajstić information content (AvgIpc) is 3.29. The molecule has 0 fully saturated rings. The summed E-state index contributed by atoms with van der Waals surface area (Å²) in [5, 5.41) is 2.29. The van der Waals surface area contributed by atoms with E-state index in [4.69, 9.17) is 6.58 Å². The van der Waals surface area contributed by atoms with Gasteiger partial charge >= 0.3 is 0 Å². The molecule has 2 heteroatoms. The number of nitrogens with zero attached hydrogens (tertiary/aromatic N) is 2. The van der Waals surface area contributed by atoms with Gasteiger partial charge in [0, 0.05) is 33.8 Å². The van der Waals surface area contributed by atoms with Crippen molar-refractivity contribution in [3.05, 3.63) is 255 Å². The second kappa shape index (κ2) is 20.7. The predicted molar refractivity (Wildman–Crippen MR) is 307 cm³/mol. The van der Waals surface area contributed by atoms with E-state index >= 15 is 0 Å². The Hall–Kier alpha value is -7.42. The van der Waals surface area contributed by atoms with Crippen molar-refractivity contribution in [3.8, 4) is 11.1 Å². The van der Waals surface area contributed by atoms with Gasteiger partial charge < -0.3 is 9.80 Å². The molecule has 0 aliphatic heterocycles. The maximum atomic E-state index is 4.93. The fourth-order valence-electron chi connectivity index (χ4n) is 10.3. The van der Waals surface area contributed by atoms with E-state index in [1.54, 1.807) is 0 Å². The fraction of sp³-hybridized carbons (Fsp3) is 0.206. The maximum absolute atomic E-state index is 4.93. The molecular weight excluding hydrogens is 845 g/mol. The SMILES string of the molecule is C=C/C=C\c1c(/C(=C\C(=C)N(c2ccc(C(C)C)cc2)c2cc(C)cc(C)c2)c2cc(C)cc(C)c2)ccc2c(N(c3ccc(C(C)C)cc3)c3cc(C)cc(C)c3)cc(-c3cc(C)cc(C)c3)cc12. The highest BCUT2D eigenvalue weighted by molar-refractivity contribution is 6.08. The minimum atomic E-state index is 0.420. The van der Waals surface area contributed by atoms with Gasteiger partial charge in [0.1, 0.15) is 0 Å². The van der Waals surface area contributed by atoms with E-state index < -0.39 is 0 Å². The molecule has 0 spiro atoms. The van der Waals surface area contributed by atoms with Gasteiger partial charge in [0.05, 0.1) is 5.69 Å². The monoisotopic (exact) mass is 915 g/mol. The lowest BCUT2D eigenvalue weighted by atomic mass is 9.86. The first-order valence-electron chi connectivity index (χ1n) is 24.9. The molecule has 0 bridgehead atoms. The van der Waals surface area contributed by atoms with E-state index in [0.29, 0.717) is 11.8 Å². The van der Waals surface area contributed by atoms with Gasteiger partial charge in [0.2, 0.25) is 0 Å². The van der Waals surface area contributed by atoms with Crippen LogP contribution in [0.4, 0.5) is 28.4 Å². The van der Waals surface area contributed by atoms with E-state index in [9.17, 15) is 0 Å². The molecule has 8 rings (SSSR count). The summed E-state index contributed by atoms with van der Waals surface area (Å²) in [5.74, 6) is 0.844. The highest BCUT2D eigenvalue weighted by atomic mass is 15.1. The smallest absolute Gasteiger partial charge is 0.0546 e. The van der Waals surface area contributed by atoms with E-state index in [1.807, 2.05) is 6.08 Å². The van der Waals surface area contributed by atoms with Crippen LogP contribution in [0, 0.1) is 55.4 Å². The zero-order chi connectivity index (χ0) is 50.0. The lowest BCUT2D eigenvalue weighted by Crippen LogP contribution is -2.15. The number of benzene rings is 8. The summed E-state index contributed by atoms with van der Waals surface area (Å²) in [7, 11) is 0. The van der Waals surface area contributed by atoms with Gasteiger partial charge in [-0.25, -0.2) is 0 Å². The summed E-state index contributed by atoms with van der Waals surface area (Å²) in [5.41, 5.74) is 25.5. The van der Waals surface area contributed by atoms with Gasteiger partial charge in [-0.2, -0.15) is 0 Å². The Labute approximate surface area is 419 Å². The summed E-state index contributed by atoms with van der Waals surface area (Å²) in [6, 6.07) is 55.1. The molecule has 0 aliphatic rings. The lowest BCUT2D eigenvalue weighted by Gasteiger charge is -2.30. The predicted octanol–water partition coefficient (Wildman–Crippen LogP) is 19.7. The van der Waals surface area contributed by atoms with Gasteiger partial charge in [0.25, 0.3) is 0 Å². The first-order valence-corrected chi connectivity index (χ1v) is 24.9. The minimum absolute atomic E-state index is 0.420. The molecule has 0 saturated heterocycles. The number of anilines is 5. The maximum Gasteiger partial charge on any atom is 0.0546 e. The molecule has 0 amide bonds. The second-order valence-corrected chi connectivity index (χ2v) is 20.4. The third-order valence-electron chi connectivity index (χ3n) is 13.3. The highest BCUT2D eigenvalue weighted by Crippen LogP contribution is 2.46. The molecule has 0 radical (unpaired) electrons. The highest BCUT2D eigenvalue weighted by Gasteiger charge is 2.23. The van der Waals surface area contributed by atoms with Crippen LogP contribution in [0.25, 0.3) is 33.5 Å². The largest absolute Gasteiger partial charge is 0.311 e. The van der Waals surface area contributed by atoms with Crippen LogP contribution in [-0.2, 0) is 0 Å². The lowest BCUT2D eigenvalue weighted by molar-refractivity contribution is 0.866. The molecule has 0 aliphatic carbocycles. The molecule has 0 N–H and O–H groups in total. The zero-order valence-corrected chi connectivity index (χ0v) is 43.6. The third kappa shape index (κ3) is 10.7. The Kier molecular flexibility index (Phi) is 14.5. The number of rotatable bonds is 14. The number of hydrogen-bond acceptors (Lipinski definition) is 2. The van der Waals surface area contributed by atoms with Gasteiger partial charge in [0.15, 0.2) is 0 Å². The summed E-state index contributed by atoms with van der Waals surface area (Å²) in [4.78, 5) is 4.78. The third-order valence-corrected chi connectivity index (χ3v) is 13.3. The van der Waals surface area contributed by atoms with Gasteiger partial charge in [-0.05, 0) is 206 Å². The molecular formula is C68H70N2. The summed E-state index contributed by atoms with van der Waals surface area (Å²) in [6.45, 7) is 35.6. The van der Waals surface area contributed by atoms with Crippen LogP contribution in [0.5, 0.6) is 0 Å². The van der Waals surface area contributed by atoms with E-state index in [2.05, 4.69) is 263 Å². The molecule has 8 aromatic carbocycles. The van der Waals surface area contributed by atoms with Crippen molar-refractivity contribution in [2.75, 3.05) is 9.80 Å². The van der Waals surface area contributed by atoms with Crippen molar-refractivity contribution in [1.29, 1.82) is 0 Å². The van der Waals surface area contributed by atoms with Crippen molar-refractivity contribution in [1.82, 2.24) is 0 Å². The molecule has 0 saturated carbocycles. The molecule has 352 valence electrons. The zero-order valence-electron chi connectivity index (χ0n) is 43.6. The number of aryl methyl sites for hydroxylation is 8. The Balaban J connectivity index is 1.47. The van der Waals surface area contributed by atoms with Crippen LogP contribution in [0.2, 0.25) is 0 Å². The molecule has 70 heavy (non-hydrogen) atoms. The number of allylic oxidation sites excluding steroid dienone is 3. The molecule has 0 atom stereocenters. The Morgan fingerprint density at radius 3 is 1.41 bits per heavy atom. The van der Waals surface area contributed by atoms with Crippen molar-refractivity contribution in [2.45, 2.75) is 94.9 Å². The summed E-state index contributed by atoms with van der Waals surface area (Å²) in [6.07, 6.45) is 8.53. The van der Waals surface area contributed by atoms with Crippen molar-refractivity contribution >= 4 is 50.9 Å². The molecule has 8 aromatic rings. The minimum Gasteiger partial charge on any atom is -0.311 e. The van der Waals surface area contributed by atoms with Crippen molar-refractivity contribution < 1.29 is 0 Å². The average molecular weight is 915 g/mol. The van der Waals surface area contributed by atoms with E-state index in [0.717, 1.165) is 72.7 Å². The van der Waals surface area contributed by atoms with Crippen molar-refractivity contribution in [3.63, 3.8) is 0 Å². The Morgan fingerprint density at radius 2 is 0.914 bits per heavy atom. The van der Waals surface area contributed by atoms with Crippen molar-refractivity contribution in [2.24, 2.45) is 0 Å². The number of fused-ring (bicyclic) bond motifs is 1. The molecule has 0 heterocycles. The van der Waals surface area contributed by atoms with Crippen LogP contribution in [0.15, 0.2) is 183 Å². The van der Waals surface area contributed by atoms with E-state index in [-0.39, 0.29) is 0 Å². The van der Waals surface area contributed by atoms with E-state index in [1.165, 1.54) is 61.2 Å².